The number of carbonyl (C=O) groups excluding carboxylic acids is 1. The fraction of sp³-hybridized carbons (Fsp3) is 0.286. The Morgan fingerprint density at radius 2 is 2.21 bits per heavy atom. The van der Waals surface area contributed by atoms with Crippen molar-refractivity contribution in [1.82, 2.24) is 9.55 Å². The molecule has 3 rings (SSSR count). The van der Waals surface area contributed by atoms with E-state index in [1.54, 1.807) is 30.6 Å². The molecule has 19 heavy (non-hydrogen) atoms. The number of fused-ring (bicyclic) bond motifs is 1. The van der Waals surface area contributed by atoms with Gasteiger partial charge >= 0.3 is 0 Å². The van der Waals surface area contributed by atoms with Crippen LogP contribution >= 0.6 is 0 Å². The lowest BCUT2D eigenvalue weighted by Gasteiger charge is -2.21. The molecule has 5 nitrogen and oxygen atoms in total. The molecule has 1 aliphatic heterocycles. The summed E-state index contributed by atoms with van der Waals surface area (Å²) in [4.78, 5) is 16.4. The molecule has 0 saturated heterocycles. The Hall–Kier alpha value is -2.14. The zero-order valence-electron chi connectivity index (χ0n) is 10.6. The second-order valence-electron chi connectivity index (χ2n) is 4.65. The number of hydrogen-bond acceptors (Lipinski definition) is 3. The van der Waals surface area contributed by atoms with Gasteiger partial charge in [0.05, 0.1) is 0 Å². The molecule has 0 aliphatic carbocycles. The first kappa shape index (κ1) is 11.9. The number of rotatable bonds is 3. The number of hydrogen-bond donors (Lipinski definition) is 2. The predicted molar refractivity (Wildman–Crippen MR) is 70.6 cm³/mol. The van der Waals surface area contributed by atoms with E-state index in [1.807, 2.05) is 17.6 Å². The molecule has 2 N–H and O–H groups in total. The Bertz CT molecular complexity index is 635. The summed E-state index contributed by atoms with van der Waals surface area (Å²) in [5, 5.41) is 13.6. The van der Waals surface area contributed by atoms with Gasteiger partial charge in [0.15, 0.2) is 5.82 Å². The lowest BCUT2D eigenvalue weighted by atomic mass is 9.94. The van der Waals surface area contributed by atoms with E-state index in [0.29, 0.717) is 23.6 Å². The molecule has 98 valence electrons. The van der Waals surface area contributed by atoms with Crippen LogP contribution in [0.4, 0.5) is 5.69 Å². The first-order valence-corrected chi connectivity index (χ1v) is 6.33. The van der Waals surface area contributed by atoms with Gasteiger partial charge in [-0.1, -0.05) is 25.1 Å². The van der Waals surface area contributed by atoms with Crippen molar-refractivity contribution in [3.05, 3.63) is 48.0 Å². The molecule has 0 spiro atoms. The van der Waals surface area contributed by atoms with Crippen molar-refractivity contribution in [3.8, 4) is 0 Å². The van der Waals surface area contributed by atoms with Crippen LogP contribution in [-0.2, 0) is 16.9 Å². The summed E-state index contributed by atoms with van der Waals surface area (Å²) in [5.41, 5.74) is -0.500. The third-order valence-corrected chi connectivity index (χ3v) is 3.40. The van der Waals surface area contributed by atoms with Crippen LogP contribution in [0.1, 0.15) is 24.7 Å². The first-order valence-electron chi connectivity index (χ1n) is 6.33. The molecule has 0 saturated carbocycles. The van der Waals surface area contributed by atoms with Crippen molar-refractivity contribution in [2.75, 3.05) is 5.32 Å². The summed E-state index contributed by atoms with van der Waals surface area (Å²) >= 11 is 0. The Kier molecular flexibility index (Phi) is 2.64. The highest BCUT2D eigenvalue weighted by Gasteiger charge is 2.49. The second-order valence-corrected chi connectivity index (χ2v) is 4.65. The summed E-state index contributed by atoms with van der Waals surface area (Å²) in [6, 6.07) is 7.15. The molecule has 1 aromatic heterocycles. The first-order chi connectivity index (χ1) is 9.17. The van der Waals surface area contributed by atoms with E-state index in [2.05, 4.69) is 10.3 Å². The van der Waals surface area contributed by atoms with Gasteiger partial charge < -0.3 is 15.0 Å². The number of nitrogens with one attached hydrogen (secondary N) is 1. The van der Waals surface area contributed by atoms with Gasteiger partial charge in [-0.3, -0.25) is 4.79 Å². The minimum Gasteiger partial charge on any atom is -0.369 e. The zero-order valence-corrected chi connectivity index (χ0v) is 10.6. The average Bonchev–Trinajstić information content (AvgIpc) is 2.96. The quantitative estimate of drug-likeness (QED) is 0.875. The SMILES string of the molecule is CCCn1ccnc1C1(O)C(=O)Nc2ccccc21. The van der Waals surface area contributed by atoms with Gasteiger partial charge in [-0.15, -0.1) is 0 Å². The minimum atomic E-state index is -1.70. The lowest BCUT2D eigenvalue weighted by molar-refractivity contribution is -0.130. The number of benzene rings is 1. The monoisotopic (exact) mass is 257 g/mol. The molecule has 1 unspecified atom stereocenters. The van der Waals surface area contributed by atoms with Crippen molar-refractivity contribution in [1.29, 1.82) is 0 Å². The molecule has 1 atom stereocenters. The number of aliphatic hydroxyl groups is 1. The van der Waals surface area contributed by atoms with Gasteiger partial charge in [0.1, 0.15) is 0 Å². The number of aryl methyl sites for hydroxylation is 1. The Labute approximate surface area is 110 Å². The highest BCUT2D eigenvalue weighted by Crippen LogP contribution is 2.39. The molecule has 1 aliphatic rings. The average molecular weight is 257 g/mol. The number of anilines is 1. The Morgan fingerprint density at radius 1 is 1.42 bits per heavy atom. The van der Waals surface area contributed by atoms with Gasteiger partial charge in [0, 0.05) is 30.2 Å². The van der Waals surface area contributed by atoms with E-state index >= 15 is 0 Å². The number of amides is 1. The highest BCUT2D eigenvalue weighted by atomic mass is 16.3. The number of carbonyl (C=O) groups is 1. The molecule has 2 aromatic rings. The summed E-state index contributed by atoms with van der Waals surface area (Å²) < 4.78 is 1.82. The van der Waals surface area contributed by atoms with Crippen LogP contribution in [0.15, 0.2) is 36.7 Å². The Balaban J connectivity index is 2.17. The van der Waals surface area contributed by atoms with E-state index in [0.717, 1.165) is 6.42 Å². The van der Waals surface area contributed by atoms with E-state index in [1.165, 1.54) is 0 Å². The largest absolute Gasteiger partial charge is 0.369 e. The third kappa shape index (κ3) is 1.58. The number of nitrogens with zero attached hydrogens (tertiary/aromatic N) is 2. The van der Waals surface area contributed by atoms with Crippen molar-refractivity contribution >= 4 is 11.6 Å². The molecular formula is C14H15N3O2. The molecule has 0 fully saturated rings. The normalized spacial score (nSPS) is 21.3. The van der Waals surface area contributed by atoms with E-state index in [-0.39, 0.29) is 0 Å². The van der Waals surface area contributed by atoms with Crippen molar-refractivity contribution in [2.24, 2.45) is 0 Å². The van der Waals surface area contributed by atoms with Crippen LogP contribution in [-0.4, -0.2) is 20.6 Å². The molecule has 1 amide bonds. The number of imidazole rings is 1. The number of para-hydroxylation sites is 1. The van der Waals surface area contributed by atoms with E-state index in [4.69, 9.17) is 0 Å². The maximum Gasteiger partial charge on any atom is 0.269 e. The lowest BCUT2D eigenvalue weighted by Crippen LogP contribution is -2.38. The molecule has 2 heterocycles. The van der Waals surface area contributed by atoms with Gasteiger partial charge in [0.2, 0.25) is 5.60 Å². The van der Waals surface area contributed by atoms with Crippen LogP contribution in [0.5, 0.6) is 0 Å². The second kappa shape index (κ2) is 4.20. The van der Waals surface area contributed by atoms with Gasteiger partial charge in [-0.25, -0.2) is 4.98 Å². The fourth-order valence-electron chi connectivity index (χ4n) is 2.52. The zero-order chi connectivity index (χ0) is 13.5. The van der Waals surface area contributed by atoms with Crippen LogP contribution < -0.4 is 5.32 Å². The smallest absolute Gasteiger partial charge is 0.269 e. The van der Waals surface area contributed by atoms with Crippen molar-refractivity contribution in [3.63, 3.8) is 0 Å². The maximum absolute atomic E-state index is 12.2. The summed E-state index contributed by atoms with van der Waals surface area (Å²) in [5.74, 6) is -0.0750. The molecule has 0 radical (unpaired) electrons. The fourth-order valence-corrected chi connectivity index (χ4v) is 2.52. The molecule has 0 bridgehead atoms. The predicted octanol–water partition coefficient (Wildman–Crippen LogP) is 1.48. The van der Waals surface area contributed by atoms with Crippen LogP contribution in [0.2, 0.25) is 0 Å². The Morgan fingerprint density at radius 3 is 3.00 bits per heavy atom. The molecule has 5 heteroatoms. The van der Waals surface area contributed by atoms with Crippen molar-refractivity contribution in [2.45, 2.75) is 25.5 Å². The standard InChI is InChI=1S/C14H15N3O2/c1-2-8-17-9-7-15-12(17)14(19)10-5-3-4-6-11(10)16-13(14)18/h3-7,9,19H,2,8H2,1H3,(H,16,18). The minimum absolute atomic E-state index is 0.372. The highest BCUT2D eigenvalue weighted by molar-refractivity contribution is 6.06. The summed E-state index contributed by atoms with van der Waals surface area (Å²) in [6.07, 6.45) is 4.30. The molecule has 1 aromatic carbocycles. The topological polar surface area (TPSA) is 67.1 Å². The number of aromatic nitrogens is 2. The van der Waals surface area contributed by atoms with E-state index < -0.39 is 11.5 Å². The summed E-state index contributed by atoms with van der Waals surface area (Å²) in [6.45, 7) is 2.75. The van der Waals surface area contributed by atoms with Gasteiger partial charge in [0.25, 0.3) is 5.91 Å². The maximum atomic E-state index is 12.2. The van der Waals surface area contributed by atoms with Crippen LogP contribution in [0.3, 0.4) is 0 Å². The van der Waals surface area contributed by atoms with Crippen LogP contribution in [0, 0.1) is 0 Å². The van der Waals surface area contributed by atoms with E-state index in [9.17, 15) is 9.90 Å². The van der Waals surface area contributed by atoms with Crippen LogP contribution in [0.25, 0.3) is 0 Å². The van der Waals surface area contributed by atoms with Crippen molar-refractivity contribution < 1.29 is 9.90 Å². The van der Waals surface area contributed by atoms with Gasteiger partial charge in [-0.2, -0.15) is 0 Å². The van der Waals surface area contributed by atoms with Gasteiger partial charge in [-0.05, 0) is 12.5 Å². The summed E-state index contributed by atoms with van der Waals surface area (Å²) in [7, 11) is 0. The molecular weight excluding hydrogens is 242 g/mol. The third-order valence-electron chi connectivity index (χ3n) is 3.40.